The summed E-state index contributed by atoms with van der Waals surface area (Å²) in [6.07, 6.45) is 7.10. The number of Topliss-reactive ketones (excluding diaryl/α,β-unsaturated/α-hetero) is 1. The molecule has 1 atom stereocenters. The van der Waals surface area contributed by atoms with Gasteiger partial charge in [-0.1, -0.05) is 18.2 Å². The molecular formula is C28H25FN6O2. The van der Waals surface area contributed by atoms with Crippen LogP contribution in [0.25, 0.3) is 10.9 Å². The molecule has 0 amide bonds. The summed E-state index contributed by atoms with van der Waals surface area (Å²) in [6, 6.07) is 13.9. The van der Waals surface area contributed by atoms with Gasteiger partial charge in [0.2, 0.25) is 5.95 Å². The van der Waals surface area contributed by atoms with Crippen molar-refractivity contribution < 1.29 is 13.9 Å². The number of halogens is 1. The molecule has 0 spiro atoms. The predicted octanol–water partition coefficient (Wildman–Crippen LogP) is 5.36. The molecule has 0 radical (unpaired) electrons. The lowest BCUT2D eigenvalue weighted by molar-refractivity contribution is 0.0977. The summed E-state index contributed by atoms with van der Waals surface area (Å²) in [6.45, 7) is 1.91. The van der Waals surface area contributed by atoms with Gasteiger partial charge in [0.25, 0.3) is 0 Å². The van der Waals surface area contributed by atoms with Gasteiger partial charge in [-0.15, -0.1) is 0 Å². The second kappa shape index (κ2) is 10.1. The van der Waals surface area contributed by atoms with Gasteiger partial charge >= 0.3 is 0 Å². The average molecular weight is 497 g/mol. The van der Waals surface area contributed by atoms with E-state index in [0.29, 0.717) is 22.6 Å². The lowest BCUT2D eigenvalue weighted by atomic mass is 9.87. The molecule has 0 saturated carbocycles. The lowest BCUT2D eigenvalue weighted by Gasteiger charge is -2.16. The second-order valence-electron chi connectivity index (χ2n) is 8.80. The van der Waals surface area contributed by atoms with Crippen LogP contribution in [-0.4, -0.2) is 37.6 Å². The van der Waals surface area contributed by atoms with Gasteiger partial charge in [-0.2, -0.15) is 5.10 Å². The van der Waals surface area contributed by atoms with Gasteiger partial charge in [0, 0.05) is 60.3 Å². The van der Waals surface area contributed by atoms with E-state index in [2.05, 4.69) is 25.4 Å². The molecule has 0 unspecified atom stereocenters. The van der Waals surface area contributed by atoms with Crippen LogP contribution in [0.5, 0.6) is 5.75 Å². The van der Waals surface area contributed by atoms with Gasteiger partial charge in [-0.25, -0.2) is 14.4 Å². The molecule has 0 fully saturated rings. The average Bonchev–Trinajstić information content (AvgIpc) is 3.32. The molecule has 37 heavy (non-hydrogen) atoms. The van der Waals surface area contributed by atoms with Crippen LogP contribution in [0.15, 0.2) is 73.3 Å². The Kier molecular flexibility index (Phi) is 6.59. The Morgan fingerprint density at radius 3 is 2.68 bits per heavy atom. The Bertz CT molecular complexity index is 1600. The van der Waals surface area contributed by atoms with Gasteiger partial charge in [0.05, 0.1) is 18.8 Å². The fourth-order valence-corrected chi connectivity index (χ4v) is 4.26. The maximum atomic E-state index is 14.5. The number of carbonyl (C=O) groups is 1. The minimum atomic E-state index is -0.479. The zero-order valence-corrected chi connectivity index (χ0v) is 20.6. The Hall–Kier alpha value is -4.66. The van der Waals surface area contributed by atoms with E-state index in [1.165, 1.54) is 13.2 Å². The Morgan fingerprint density at radius 1 is 1.08 bits per heavy atom. The highest BCUT2D eigenvalue weighted by Gasteiger charge is 2.22. The van der Waals surface area contributed by atoms with Crippen LogP contribution in [-0.2, 0) is 7.05 Å². The molecule has 0 saturated heterocycles. The van der Waals surface area contributed by atoms with Crippen molar-refractivity contribution in [3.63, 3.8) is 0 Å². The molecule has 0 aliphatic heterocycles. The molecule has 8 nitrogen and oxygen atoms in total. The third kappa shape index (κ3) is 5.30. The first kappa shape index (κ1) is 24.1. The summed E-state index contributed by atoms with van der Waals surface area (Å²) in [7, 11) is 3.22. The van der Waals surface area contributed by atoms with Crippen LogP contribution in [0.1, 0.15) is 39.5 Å². The molecule has 3 heterocycles. The van der Waals surface area contributed by atoms with E-state index in [1.807, 2.05) is 31.3 Å². The van der Waals surface area contributed by atoms with Crippen LogP contribution in [0.3, 0.4) is 0 Å². The third-order valence-electron chi connectivity index (χ3n) is 6.15. The number of nitrogens with zero attached hydrogens (tertiary/aromatic N) is 5. The van der Waals surface area contributed by atoms with E-state index in [4.69, 9.17) is 4.74 Å². The highest BCUT2D eigenvalue weighted by molar-refractivity contribution is 6.00. The van der Waals surface area contributed by atoms with Crippen molar-refractivity contribution in [1.29, 1.82) is 0 Å². The lowest BCUT2D eigenvalue weighted by Crippen LogP contribution is -2.10. The van der Waals surface area contributed by atoms with E-state index < -0.39 is 5.82 Å². The van der Waals surface area contributed by atoms with Crippen LogP contribution in [0.2, 0.25) is 0 Å². The van der Waals surface area contributed by atoms with Crippen LogP contribution in [0, 0.1) is 12.7 Å². The molecule has 0 aliphatic rings. The molecule has 5 rings (SSSR count). The van der Waals surface area contributed by atoms with Crippen molar-refractivity contribution in [1.82, 2.24) is 24.7 Å². The summed E-state index contributed by atoms with van der Waals surface area (Å²) >= 11 is 0. The number of carbonyl (C=O) groups excluding carboxylic acids is 1. The van der Waals surface area contributed by atoms with Crippen molar-refractivity contribution >= 4 is 28.3 Å². The number of aromatic nitrogens is 5. The zero-order chi connectivity index (χ0) is 25.9. The summed E-state index contributed by atoms with van der Waals surface area (Å²) in [5.74, 6) is -0.377. The first-order valence-corrected chi connectivity index (χ1v) is 11.7. The smallest absolute Gasteiger partial charge is 0.227 e. The maximum absolute atomic E-state index is 14.5. The van der Waals surface area contributed by atoms with Gasteiger partial charge < -0.3 is 10.1 Å². The van der Waals surface area contributed by atoms with Gasteiger partial charge in [0.1, 0.15) is 0 Å². The number of fused-ring (bicyclic) bond motifs is 1. The van der Waals surface area contributed by atoms with Gasteiger partial charge in [-0.05, 0) is 48.4 Å². The van der Waals surface area contributed by atoms with Crippen LogP contribution >= 0.6 is 0 Å². The maximum Gasteiger partial charge on any atom is 0.227 e. The van der Waals surface area contributed by atoms with E-state index in [9.17, 15) is 9.18 Å². The molecule has 9 heteroatoms. The molecule has 3 aromatic heterocycles. The van der Waals surface area contributed by atoms with Crippen molar-refractivity contribution in [3.05, 3.63) is 102 Å². The molecule has 0 aliphatic carbocycles. The van der Waals surface area contributed by atoms with Crippen molar-refractivity contribution in [2.24, 2.45) is 7.05 Å². The van der Waals surface area contributed by atoms with Crippen molar-refractivity contribution in [2.75, 3.05) is 12.4 Å². The first-order chi connectivity index (χ1) is 17.9. The Labute approximate surface area is 213 Å². The molecule has 5 aromatic rings. The number of ketones is 1. The van der Waals surface area contributed by atoms with E-state index in [-0.39, 0.29) is 23.9 Å². The highest BCUT2D eigenvalue weighted by atomic mass is 19.1. The van der Waals surface area contributed by atoms with Crippen molar-refractivity contribution in [2.45, 2.75) is 19.3 Å². The molecule has 2 aromatic carbocycles. The minimum absolute atomic E-state index is 0.0927. The highest BCUT2D eigenvalue weighted by Crippen LogP contribution is 2.32. The number of anilines is 2. The first-order valence-electron chi connectivity index (χ1n) is 11.7. The quantitative estimate of drug-likeness (QED) is 0.289. The molecular weight excluding hydrogens is 471 g/mol. The fourth-order valence-electron chi connectivity index (χ4n) is 4.26. The number of hydrogen-bond donors (Lipinski definition) is 1. The number of nitrogens with one attached hydrogen (secondary N) is 1. The minimum Gasteiger partial charge on any atom is -0.494 e. The van der Waals surface area contributed by atoms with Crippen molar-refractivity contribution in [3.8, 4) is 5.75 Å². The number of benzene rings is 2. The van der Waals surface area contributed by atoms with Crippen LogP contribution in [0.4, 0.5) is 16.0 Å². The van der Waals surface area contributed by atoms with E-state index in [1.54, 1.807) is 54.6 Å². The Morgan fingerprint density at radius 2 is 1.95 bits per heavy atom. The number of ether oxygens (including phenoxy) is 1. The standard InChI is InChI=1S/C28H25FN6O2/c1-17-10-22(8-9-30-17)33-28-31-14-20-5-4-19(12-25(20)34-28)26(36)13-23(21-15-32-35(2)16-21)18-6-7-27(37-3)24(29)11-18/h4-12,14-16,23H,13H2,1-3H3,(H,30,31,33,34)/t23-/m0/s1. The van der Waals surface area contributed by atoms with E-state index >= 15 is 0 Å². The summed E-state index contributed by atoms with van der Waals surface area (Å²) in [5.41, 5.74) is 4.34. The fraction of sp³-hybridized carbons (Fsp3) is 0.179. The zero-order valence-electron chi connectivity index (χ0n) is 20.6. The summed E-state index contributed by atoms with van der Waals surface area (Å²) in [4.78, 5) is 26.6. The van der Waals surface area contributed by atoms with E-state index in [0.717, 1.165) is 22.3 Å². The second-order valence-corrected chi connectivity index (χ2v) is 8.80. The van der Waals surface area contributed by atoms with Crippen LogP contribution < -0.4 is 10.1 Å². The topological polar surface area (TPSA) is 94.8 Å². The Balaban J connectivity index is 1.44. The number of pyridine rings is 1. The number of rotatable bonds is 8. The third-order valence-corrected chi connectivity index (χ3v) is 6.15. The largest absolute Gasteiger partial charge is 0.494 e. The normalized spacial score (nSPS) is 11.9. The number of methoxy groups -OCH3 is 1. The SMILES string of the molecule is COc1ccc([C@H](CC(=O)c2ccc3cnc(Nc4ccnc(C)c4)nc3c2)c2cnn(C)c2)cc1F. The molecule has 186 valence electrons. The molecule has 1 N–H and O–H groups in total. The number of hydrogen-bond acceptors (Lipinski definition) is 7. The summed E-state index contributed by atoms with van der Waals surface area (Å²) < 4.78 is 21.2. The molecule has 0 bridgehead atoms. The predicted molar refractivity (Wildman–Crippen MR) is 139 cm³/mol. The van der Waals surface area contributed by atoms with Gasteiger partial charge in [0.15, 0.2) is 17.3 Å². The number of aryl methyl sites for hydroxylation is 2. The summed E-state index contributed by atoms with van der Waals surface area (Å²) in [5, 5.41) is 8.24. The monoisotopic (exact) mass is 496 g/mol. The van der Waals surface area contributed by atoms with Gasteiger partial charge in [-0.3, -0.25) is 14.5 Å².